The molecule has 0 amide bonds. The van der Waals surface area contributed by atoms with Crippen molar-refractivity contribution in [3.05, 3.63) is 50.1 Å². The molecule has 7 heteroatoms. The van der Waals surface area contributed by atoms with Crippen LogP contribution in [0.25, 0.3) is 11.3 Å². The molecule has 0 spiro atoms. The van der Waals surface area contributed by atoms with E-state index >= 15 is 0 Å². The summed E-state index contributed by atoms with van der Waals surface area (Å²) in [5.41, 5.74) is 1.25. The van der Waals surface area contributed by atoms with Crippen molar-refractivity contribution >= 4 is 32.4 Å². The lowest BCUT2D eigenvalue weighted by Gasteiger charge is -2.10. The summed E-state index contributed by atoms with van der Waals surface area (Å²) in [6.07, 6.45) is 0.514. The van der Waals surface area contributed by atoms with E-state index in [1.165, 1.54) is 0 Å². The molecule has 0 bridgehead atoms. The van der Waals surface area contributed by atoms with Crippen LogP contribution in [-0.4, -0.2) is 29.9 Å². The molecule has 3 rings (SSSR count). The van der Waals surface area contributed by atoms with Gasteiger partial charge in [0.05, 0.1) is 17.2 Å². The van der Waals surface area contributed by atoms with Crippen LogP contribution in [-0.2, 0) is 9.84 Å². The van der Waals surface area contributed by atoms with Crippen molar-refractivity contribution in [1.82, 2.24) is 9.97 Å². The zero-order chi connectivity index (χ0) is 15.0. The second kappa shape index (κ2) is 5.53. The first-order valence-electron chi connectivity index (χ1n) is 6.52. The monoisotopic (exact) mass is 416 g/mol. The highest BCUT2D eigenvalue weighted by molar-refractivity contribution is 14.1. The second-order valence-corrected chi connectivity index (χ2v) is 8.39. The number of aromatic amines is 1. The highest BCUT2D eigenvalue weighted by atomic mass is 127. The highest BCUT2D eigenvalue weighted by Gasteiger charge is 2.31. The van der Waals surface area contributed by atoms with Crippen LogP contribution in [0.5, 0.6) is 0 Å². The number of hydrogen-bond acceptors (Lipinski definition) is 4. The molecular weight excluding hydrogens is 403 g/mol. The molecule has 0 radical (unpaired) electrons. The molecule has 1 atom stereocenters. The van der Waals surface area contributed by atoms with Crippen LogP contribution in [0.2, 0.25) is 0 Å². The van der Waals surface area contributed by atoms with Crippen molar-refractivity contribution in [2.24, 2.45) is 0 Å². The van der Waals surface area contributed by atoms with Crippen molar-refractivity contribution in [1.29, 1.82) is 0 Å². The molecule has 2 aromatic rings. The SMILES string of the molecule is O=c1[nH]c(C2CCS(=O)(=O)C2)nc(-c2ccccc2)c1I. The van der Waals surface area contributed by atoms with Crippen LogP contribution in [0.15, 0.2) is 35.1 Å². The van der Waals surface area contributed by atoms with E-state index in [0.29, 0.717) is 21.5 Å². The minimum atomic E-state index is -3.01. The fraction of sp³-hybridized carbons (Fsp3) is 0.286. The van der Waals surface area contributed by atoms with E-state index in [1.54, 1.807) is 0 Å². The van der Waals surface area contributed by atoms with Gasteiger partial charge in [-0.25, -0.2) is 13.4 Å². The van der Waals surface area contributed by atoms with Crippen LogP contribution in [0.3, 0.4) is 0 Å². The Labute approximate surface area is 135 Å². The summed E-state index contributed by atoms with van der Waals surface area (Å²) >= 11 is 1.97. The van der Waals surface area contributed by atoms with Gasteiger partial charge < -0.3 is 4.98 Å². The minimum absolute atomic E-state index is 0.0603. The lowest BCUT2D eigenvalue weighted by Crippen LogP contribution is -2.19. The third-order valence-corrected chi connectivity index (χ3v) is 6.32. The van der Waals surface area contributed by atoms with Gasteiger partial charge in [0.15, 0.2) is 9.84 Å². The van der Waals surface area contributed by atoms with E-state index in [0.717, 1.165) is 5.56 Å². The fourth-order valence-electron chi connectivity index (χ4n) is 2.47. The van der Waals surface area contributed by atoms with Crippen LogP contribution >= 0.6 is 22.6 Å². The topological polar surface area (TPSA) is 79.9 Å². The number of nitrogens with one attached hydrogen (secondary N) is 1. The van der Waals surface area contributed by atoms with Gasteiger partial charge in [-0.1, -0.05) is 30.3 Å². The van der Waals surface area contributed by atoms with Crippen LogP contribution in [0, 0.1) is 3.57 Å². The average molecular weight is 416 g/mol. The maximum absolute atomic E-state index is 12.1. The standard InChI is InChI=1S/C14H13IN2O3S/c15-11-12(9-4-2-1-3-5-9)16-13(17-14(11)18)10-6-7-21(19,20)8-10/h1-5,10H,6-8H2,(H,16,17,18). The fourth-order valence-corrected chi connectivity index (χ4v) is 4.78. The van der Waals surface area contributed by atoms with E-state index in [1.807, 2.05) is 52.9 Å². The Morgan fingerprint density at radius 3 is 2.57 bits per heavy atom. The molecule has 1 unspecified atom stereocenters. The number of sulfone groups is 1. The number of hydrogen-bond donors (Lipinski definition) is 1. The zero-order valence-corrected chi connectivity index (χ0v) is 14.0. The van der Waals surface area contributed by atoms with E-state index in [4.69, 9.17) is 0 Å². The van der Waals surface area contributed by atoms with Gasteiger partial charge in [-0.2, -0.15) is 0 Å². The smallest absolute Gasteiger partial charge is 0.264 e. The predicted octanol–water partition coefficient (Wildman–Crippen LogP) is 1.94. The van der Waals surface area contributed by atoms with E-state index in [2.05, 4.69) is 9.97 Å². The Balaban J connectivity index is 2.09. The quantitative estimate of drug-likeness (QED) is 0.760. The van der Waals surface area contributed by atoms with Gasteiger partial charge in [0.1, 0.15) is 9.39 Å². The molecule has 1 aromatic heterocycles. The molecule has 2 heterocycles. The molecule has 0 saturated carbocycles. The Kier molecular flexibility index (Phi) is 3.87. The Morgan fingerprint density at radius 1 is 1.24 bits per heavy atom. The number of rotatable bonds is 2. The number of benzene rings is 1. The molecule has 1 aromatic carbocycles. The third-order valence-electron chi connectivity index (χ3n) is 3.55. The molecule has 1 aliphatic rings. The Morgan fingerprint density at radius 2 is 1.95 bits per heavy atom. The highest BCUT2D eigenvalue weighted by Crippen LogP contribution is 2.28. The lowest BCUT2D eigenvalue weighted by molar-refractivity contribution is 0.601. The number of nitrogens with zero attached hydrogens (tertiary/aromatic N) is 1. The molecular formula is C14H13IN2O3S. The van der Waals surface area contributed by atoms with Gasteiger partial charge >= 0.3 is 0 Å². The van der Waals surface area contributed by atoms with E-state index in [9.17, 15) is 13.2 Å². The number of halogens is 1. The molecule has 1 saturated heterocycles. The molecule has 21 heavy (non-hydrogen) atoms. The first kappa shape index (κ1) is 14.7. The summed E-state index contributed by atoms with van der Waals surface area (Å²) in [6, 6.07) is 9.44. The number of aromatic nitrogens is 2. The normalized spacial score (nSPS) is 20.5. The zero-order valence-electron chi connectivity index (χ0n) is 11.0. The van der Waals surface area contributed by atoms with Gasteiger partial charge in [0.25, 0.3) is 5.56 Å². The summed E-state index contributed by atoms with van der Waals surface area (Å²) in [5, 5.41) is 0. The van der Waals surface area contributed by atoms with Crippen molar-refractivity contribution in [3.8, 4) is 11.3 Å². The second-order valence-electron chi connectivity index (χ2n) is 5.08. The van der Waals surface area contributed by atoms with Crippen molar-refractivity contribution < 1.29 is 8.42 Å². The first-order chi connectivity index (χ1) is 9.96. The summed E-state index contributed by atoms with van der Waals surface area (Å²) < 4.78 is 23.7. The van der Waals surface area contributed by atoms with Gasteiger partial charge in [-0.3, -0.25) is 4.79 Å². The Bertz CT molecular complexity index is 831. The van der Waals surface area contributed by atoms with Crippen LogP contribution in [0.4, 0.5) is 0 Å². The van der Waals surface area contributed by atoms with Gasteiger partial charge in [-0.15, -0.1) is 0 Å². The average Bonchev–Trinajstić information content (AvgIpc) is 2.83. The van der Waals surface area contributed by atoms with Gasteiger partial charge in [0, 0.05) is 11.5 Å². The summed E-state index contributed by atoms with van der Waals surface area (Å²) in [6.45, 7) is 0. The van der Waals surface area contributed by atoms with E-state index < -0.39 is 9.84 Å². The van der Waals surface area contributed by atoms with Crippen molar-refractivity contribution in [2.45, 2.75) is 12.3 Å². The number of H-pyrrole nitrogens is 1. The largest absolute Gasteiger partial charge is 0.309 e. The van der Waals surface area contributed by atoms with Crippen molar-refractivity contribution in [3.63, 3.8) is 0 Å². The van der Waals surface area contributed by atoms with E-state index in [-0.39, 0.29) is 23.0 Å². The first-order valence-corrected chi connectivity index (χ1v) is 9.42. The maximum atomic E-state index is 12.1. The molecule has 1 N–H and O–H groups in total. The van der Waals surface area contributed by atoms with Gasteiger partial charge in [0.2, 0.25) is 0 Å². The molecule has 0 aliphatic carbocycles. The molecule has 1 fully saturated rings. The summed E-state index contributed by atoms with van der Waals surface area (Å²) in [5.74, 6) is 0.473. The predicted molar refractivity (Wildman–Crippen MR) is 89.0 cm³/mol. The van der Waals surface area contributed by atoms with Crippen LogP contribution < -0.4 is 5.56 Å². The minimum Gasteiger partial charge on any atom is -0.309 e. The summed E-state index contributed by atoms with van der Waals surface area (Å²) in [7, 11) is -3.01. The molecule has 110 valence electrons. The van der Waals surface area contributed by atoms with Crippen molar-refractivity contribution in [2.75, 3.05) is 11.5 Å². The third kappa shape index (κ3) is 3.03. The molecule has 1 aliphatic heterocycles. The van der Waals surface area contributed by atoms with Crippen LogP contribution in [0.1, 0.15) is 18.2 Å². The molecule has 5 nitrogen and oxygen atoms in total. The summed E-state index contributed by atoms with van der Waals surface area (Å²) in [4.78, 5) is 19.3. The van der Waals surface area contributed by atoms with Gasteiger partial charge in [-0.05, 0) is 29.0 Å². The lowest BCUT2D eigenvalue weighted by atomic mass is 10.1. The Hall–Kier alpha value is -1.22. The maximum Gasteiger partial charge on any atom is 0.264 e.